The molecule has 0 saturated heterocycles. The van der Waals surface area contributed by atoms with Gasteiger partial charge in [0.05, 0.1) is 0 Å². The molecule has 1 rings (SSSR count). The predicted octanol–water partition coefficient (Wildman–Crippen LogP) is 3.47. The molecule has 4 heteroatoms. The number of carbonyl (C=O) groups excluding carboxylic acids is 1. The Bertz CT molecular complexity index is 382. The molecule has 1 amide bonds. The molecule has 1 N–H and O–H groups in total. The van der Waals surface area contributed by atoms with Crippen LogP contribution in [0.3, 0.4) is 0 Å². The molecule has 0 aliphatic carbocycles. The third-order valence-corrected chi connectivity index (χ3v) is 3.52. The molecule has 0 radical (unpaired) electrons. The highest BCUT2D eigenvalue weighted by molar-refractivity contribution is 7.99. The van der Waals surface area contributed by atoms with Gasteiger partial charge in [-0.2, -0.15) is 0 Å². The lowest BCUT2D eigenvalue weighted by Crippen LogP contribution is -2.25. The van der Waals surface area contributed by atoms with Crippen molar-refractivity contribution in [2.75, 3.05) is 12.3 Å². The van der Waals surface area contributed by atoms with E-state index < -0.39 is 0 Å². The zero-order chi connectivity index (χ0) is 13.4. The van der Waals surface area contributed by atoms with E-state index in [4.69, 9.17) is 0 Å². The summed E-state index contributed by atoms with van der Waals surface area (Å²) < 4.78 is 13.3. The minimum atomic E-state index is -0.220. The van der Waals surface area contributed by atoms with E-state index in [0.29, 0.717) is 23.0 Å². The fourth-order valence-electron chi connectivity index (χ4n) is 1.40. The Kier molecular flexibility index (Phi) is 6.80. The van der Waals surface area contributed by atoms with Crippen molar-refractivity contribution in [3.8, 4) is 0 Å². The van der Waals surface area contributed by atoms with Crippen LogP contribution in [0, 0.1) is 11.7 Å². The highest BCUT2D eigenvalue weighted by Gasteiger charge is 2.04. The smallest absolute Gasteiger partial charge is 0.220 e. The van der Waals surface area contributed by atoms with E-state index >= 15 is 0 Å². The zero-order valence-corrected chi connectivity index (χ0v) is 11.7. The number of amides is 1. The highest BCUT2D eigenvalue weighted by atomic mass is 32.2. The summed E-state index contributed by atoms with van der Waals surface area (Å²) in [6.45, 7) is 4.97. The van der Waals surface area contributed by atoms with Gasteiger partial charge in [-0.05, 0) is 24.5 Å². The van der Waals surface area contributed by atoms with Gasteiger partial charge in [-0.25, -0.2) is 4.39 Å². The first-order valence-electron chi connectivity index (χ1n) is 6.23. The summed E-state index contributed by atoms with van der Waals surface area (Å²) in [4.78, 5) is 12.1. The van der Waals surface area contributed by atoms with Crippen molar-refractivity contribution in [3.63, 3.8) is 0 Å². The van der Waals surface area contributed by atoms with Crippen LogP contribution in [0.1, 0.15) is 26.7 Å². The van der Waals surface area contributed by atoms with E-state index in [1.807, 2.05) is 0 Å². The molecular formula is C14H20FNOS. The topological polar surface area (TPSA) is 29.1 Å². The van der Waals surface area contributed by atoms with E-state index in [1.165, 1.54) is 17.8 Å². The van der Waals surface area contributed by atoms with E-state index in [-0.39, 0.29) is 11.7 Å². The van der Waals surface area contributed by atoms with Crippen LogP contribution >= 0.6 is 11.8 Å². The van der Waals surface area contributed by atoms with Crippen molar-refractivity contribution >= 4 is 17.7 Å². The average molecular weight is 269 g/mol. The van der Waals surface area contributed by atoms with Crippen molar-refractivity contribution in [3.05, 3.63) is 30.1 Å². The standard InChI is InChI=1S/C14H20FNOS/c1-11(2)7-9-16-14(17)8-10-18-13-6-4-3-5-12(13)15/h3-6,11H,7-10H2,1-2H3,(H,16,17). The van der Waals surface area contributed by atoms with Gasteiger partial charge in [-0.1, -0.05) is 26.0 Å². The van der Waals surface area contributed by atoms with Gasteiger partial charge in [-0.3, -0.25) is 4.79 Å². The second-order valence-electron chi connectivity index (χ2n) is 4.56. The SMILES string of the molecule is CC(C)CCNC(=O)CCSc1ccccc1F. The molecule has 100 valence electrons. The van der Waals surface area contributed by atoms with Crippen molar-refractivity contribution in [2.24, 2.45) is 5.92 Å². The number of thioether (sulfide) groups is 1. The lowest BCUT2D eigenvalue weighted by Gasteiger charge is -2.07. The fourth-order valence-corrected chi connectivity index (χ4v) is 2.29. The van der Waals surface area contributed by atoms with E-state index in [9.17, 15) is 9.18 Å². The van der Waals surface area contributed by atoms with E-state index in [0.717, 1.165) is 13.0 Å². The quantitative estimate of drug-likeness (QED) is 0.768. The van der Waals surface area contributed by atoms with Crippen molar-refractivity contribution in [1.82, 2.24) is 5.32 Å². The van der Waals surface area contributed by atoms with Gasteiger partial charge in [0.25, 0.3) is 0 Å². The maximum Gasteiger partial charge on any atom is 0.220 e. The molecule has 0 spiro atoms. The van der Waals surface area contributed by atoms with Crippen LogP contribution in [0.5, 0.6) is 0 Å². The number of hydrogen-bond donors (Lipinski definition) is 1. The van der Waals surface area contributed by atoms with Gasteiger partial charge < -0.3 is 5.32 Å². The Morgan fingerprint density at radius 2 is 2.11 bits per heavy atom. The third kappa shape index (κ3) is 6.05. The first-order chi connectivity index (χ1) is 8.59. The number of nitrogens with one attached hydrogen (secondary N) is 1. The number of carbonyl (C=O) groups is 1. The fraction of sp³-hybridized carbons (Fsp3) is 0.500. The van der Waals surface area contributed by atoms with E-state index in [1.54, 1.807) is 18.2 Å². The Labute approximate surface area is 112 Å². The second-order valence-corrected chi connectivity index (χ2v) is 5.70. The molecule has 2 nitrogen and oxygen atoms in total. The number of rotatable bonds is 7. The summed E-state index contributed by atoms with van der Waals surface area (Å²) in [5, 5.41) is 2.87. The molecule has 0 atom stereocenters. The molecule has 0 heterocycles. The third-order valence-electron chi connectivity index (χ3n) is 2.47. The van der Waals surface area contributed by atoms with Gasteiger partial charge in [0.15, 0.2) is 0 Å². The lowest BCUT2D eigenvalue weighted by atomic mass is 10.1. The maximum absolute atomic E-state index is 13.3. The van der Waals surface area contributed by atoms with Crippen LogP contribution in [0.2, 0.25) is 0 Å². The van der Waals surface area contributed by atoms with Crippen molar-refractivity contribution in [1.29, 1.82) is 0 Å². The maximum atomic E-state index is 13.3. The molecule has 1 aromatic carbocycles. The monoisotopic (exact) mass is 269 g/mol. The minimum absolute atomic E-state index is 0.0412. The van der Waals surface area contributed by atoms with Gasteiger partial charge >= 0.3 is 0 Å². The molecule has 18 heavy (non-hydrogen) atoms. The summed E-state index contributed by atoms with van der Waals surface area (Å²) in [6, 6.07) is 6.63. The summed E-state index contributed by atoms with van der Waals surface area (Å²) in [5.41, 5.74) is 0. The lowest BCUT2D eigenvalue weighted by molar-refractivity contribution is -0.120. The molecule has 0 saturated carbocycles. The Morgan fingerprint density at radius 3 is 2.78 bits per heavy atom. The number of halogens is 1. The van der Waals surface area contributed by atoms with Crippen LogP contribution in [-0.4, -0.2) is 18.2 Å². The number of hydrogen-bond acceptors (Lipinski definition) is 2. The molecule has 1 aromatic rings. The summed E-state index contributed by atoms with van der Waals surface area (Å²) in [6.07, 6.45) is 1.42. The molecule has 0 aromatic heterocycles. The predicted molar refractivity (Wildman–Crippen MR) is 74.2 cm³/mol. The summed E-state index contributed by atoms with van der Waals surface area (Å²) >= 11 is 1.38. The number of benzene rings is 1. The first kappa shape index (κ1) is 15.0. The summed E-state index contributed by atoms with van der Waals surface area (Å²) in [5.74, 6) is 1.02. The molecule has 0 bridgehead atoms. The second kappa shape index (κ2) is 8.14. The molecule has 0 aliphatic rings. The van der Waals surface area contributed by atoms with Crippen LogP contribution < -0.4 is 5.32 Å². The molecule has 0 fully saturated rings. The molecule has 0 unspecified atom stereocenters. The zero-order valence-electron chi connectivity index (χ0n) is 10.9. The van der Waals surface area contributed by atoms with Gasteiger partial charge in [0.1, 0.15) is 5.82 Å². The largest absolute Gasteiger partial charge is 0.356 e. The normalized spacial score (nSPS) is 10.7. The Morgan fingerprint density at radius 1 is 1.39 bits per heavy atom. The molecular weight excluding hydrogens is 249 g/mol. The average Bonchev–Trinajstić information content (AvgIpc) is 2.31. The van der Waals surface area contributed by atoms with Gasteiger partial charge in [0.2, 0.25) is 5.91 Å². The van der Waals surface area contributed by atoms with Crippen LogP contribution in [0.25, 0.3) is 0 Å². The van der Waals surface area contributed by atoms with E-state index in [2.05, 4.69) is 19.2 Å². The van der Waals surface area contributed by atoms with Crippen LogP contribution in [-0.2, 0) is 4.79 Å². The van der Waals surface area contributed by atoms with Crippen LogP contribution in [0.4, 0.5) is 4.39 Å². The summed E-state index contributed by atoms with van der Waals surface area (Å²) in [7, 11) is 0. The van der Waals surface area contributed by atoms with Crippen LogP contribution in [0.15, 0.2) is 29.2 Å². The van der Waals surface area contributed by atoms with Gasteiger partial charge in [-0.15, -0.1) is 11.8 Å². The molecule has 0 aliphatic heterocycles. The highest BCUT2D eigenvalue weighted by Crippen LogP contribution is 2.21. The van der Waals surface area contributed by atoms with Crippen molar-refractivity contribution < 1.29 is 9.18 Å². The van der Waals surface area contributed by atoms with Gasteiger partial charge in [0, 0.05) is 23.6 Å². The Hall–Kier alpha value is -1.03. The minimum Gasteiger partial charge on any atom is -0.356 e. The Balaban J connectivity index is 2.18. The van der Waals surface area contributed by atoms with Crippen molar-refractivity contribution in [2.45, 2.75) is 31.6 Å². The first-order valence-corrected chi connectivity index (χ1v) is 7.22.